The number of rotatable bonds is 3. The van der Waals surface area contributed by atoms with Gasteiger partial charge in [0.15, 0.2) is 0 Å². The van der Waals surface area contributed by atoms with E-state index >= 15 is 0 Å². The lowest BCUT2D eigenvalue weighted by Crippen LogP contribution is -2.41. The molecule has 5 nitrogen and oxygen atoms in total. The second-order valence-corrected chi connectivity index (χ2v) is 4.87. The molecule has 0 spiro atoms. The number of amides is 1. The van der Waals surface area contributed by atoms with Crippen LogP contribution in [0.1, 0.15) is 31.2 Å². The van der Waals surface area contributed by atoms with Crippen LogP contribution in [0.3, 0.4) is 0 Å². The SMILES string of the molecule is CCOc1ccc(C2CCN(C(=O)C(=O)O)CC2)cc1. The Morgan fingerprint density at radius 1 is 1.25 bits per heavy atom. The van der Waals surface area contributed by atoms with Gasteiger partial charge in [0.25, 0.3) is 0 Å². The number of piperidine rings is 1. The number of carbonyl (C=O) groups is 2. The van der Waals surface area contributed by atoms with Gasteiger partial charge < -0.3 is 14.7 Å². The van der Waals surface area contributed by atoms with Gasteiger partial charge in [0.05, 0.1) is 6.61 Å². The number of hydrogen-bond acceptors (Lipinski definition) is 3. The van der Waals surface area contributed by atoms with E-state index in [1.807, 2.05) is 31.2 Å². The van der Waals surface area contributed by atoms with E-state index in [9.17, 15) is 9.59 Å². The van der Waals surface area contributed by atoms with Crippen molar-refractivity contribution in [2.45, 2.75) is 25.7 Å². The summed E-state index contributed by atoms with van der Waals surface area (Å²) in [5.41, 5.74) is 1.22. The molecule has 0 unspecified atom stereocenters. The van der Waals surface area contributed by atoms with E-state index in [1.54, 1.807) is 0 Å². The number of carboxylic acid groups (broad SMARTS) is 1. The maximum atomic E-state index is 11.4. The topological polar surface area (TPSA) is 66.8 Å². The molecule has 1 aliphatic heterocycles. The van der Waals surface area contributed by atoms with Gasteiger partial charge in [0.1, 0.15) is 5.75 Å². The molecular weight excluding hydrogens is 258 g/mol. The zero-order valence-electron chi connectivity index (χ0n) is 11.5. The lowest BCUT2D eigenvalue weighted by molar-refractivity contribution is -0.156. The van der Waals surface area contributed by atoms with Crippen LogP contribution in [0.15, 0.2) is 24.3 Å². The van der Waals surface area contributed by atoms with E-state index in [-0.39, 0.29) is 0 Å². The molecular formula is C15H19NO4. The van der Waals surface area contributed by atoms with E-state index in [2.05, 4.69) is 0 Å². The van der Waals surface area contributed by atoms with E-state index in [1.165, 1.54) is 10.5 Å². The maximum absolute atomic E-state index is 11.4. The summed E-state index contributed by atoms with van der Waals surface area (Å²) in [6, 6.07) is 8.00. The van der Waals surface area contributed by atoms with Crippen LogP contribution in [-0.4, -0.2) is 41.6 Å². The summed E-state index contributed by atoms with van der Waals surface area (Å²) >= 11 is 0. The Labute approximate surface area is 118 Å². The first-order valence-corrected chi connectivity index (χ1v) is 6.86. The molecule has 1 aromatic rings. The highest BCUT2D eigenvalue weighted by molar-refractivity contribution is 6.31. The third kappa shape index (κ3) is 3.29. The molecule has 108 valence electrons. The van der Waals surface area contributed by atoms with Gasteiger partial charge in [0, 0.05) is 13.1 Å². The minimum atomic E-state index is -1.37. The summed E-state index contributed by atoms with van der Waals surface area (Å²) in [7, 11) is 0. The Hall–Kier alpha value is -2.04. The first kappa shape index (κ1) is 14.4. The van der Waals surface area contributed by atoms with E-state index in [4.69, 9.17) is 9.84 Å². The van der Waals surface area contributed by atoms with Gasteiger partial charge in [-0.3, -0.25) is 4.79 Å². The molecule has 1 saturated heterocycles. The number of carboxylic acids is 1. The van der Waals surface area contributed by atoms with Crippen LogP contribution in [0.4, 0.5) is 0 Å². The van der Waals surface area contributed by atoms with Crippen LogP contribution < -0.4 is 4.74 Å². The molecule has 0 radical (unpaired) electrons. The fraction of sp³-hybridized carbons (Fsp3) is 0.467. The molecule has 2 rings (SSSR count). The third-order valence-electron chi connectivity index (χ3n) is 3.63. The van der Waals surface area contributed by atoms with Crippen molar-refractivity contribution in [3.8, 4) is 5.75 Å². The van der Waals surface area contributed by atoms with E-state index < -0.39 is 11.9 Å². The first-order valence-electron chi connectivity index (χ1n) is 6.86. The Bertz CT molecular complexity index is 475. The highest BCUT2D eigenvalue weighted by atomic mass is 16.5. The number of nitrogens with zero attached hydrogens (tertiary/aromatic N) is 1. The number of benzene rings is 1. The van der Waals surface area contributed by atoms with Crippen molar-refractivity contribution in [1.29, 1.82) is 0 Å². The number of likely N-dealkylation sites (tertiary alicyclic amines) is 1. The summed E-state index contributed by atoms with van der Waals surface area (Å²) in [6.45, 7) is 3.60. The molecule has 20 heavy (non-hydrogen) atoms. The molecule has 1 heterocycles. The van der Waals surface area contributed by atoms with Crippen LogP contribution in [0.5, 0.6) is 5.75 Å². The fourth-order valence-electron chi connectivity index (χ4n) is 2.55. The first-order chi connectivity index (χ1) is 9.61. The van der Waals surface area contributed by atoms with Crippen molar-refractivity contribution < 1.29 is 19.4 Å². The lowest BCUT2D eigenvalue weighted by Gasteiger charge is -2.31. The van der Waals surface area contributed by atoms with Crippen LogP contribution in [0, 0.1) is 0 Å². The number of hydrogen-bond donors (Lipinski definition) is 1. The number of ether oxygens (including phenoxy) is 1. The van der Waals surface area contributed by atoms with Crippen LogP contribution in [0.2, 0.25) is 0 Å². The maximum Gasteiger partial charge on any atom is 0.394 e. The molecule has 1 aliphatic rings. The van der Waals surface area contributed by atoms with E-state index in [0.29, 0.717) is 25.6 Å². The summed E-state index contributed by atoms with van der Waals surface area (Å²) < 4.78 is 5.40. The molecule has 1 aromatic carbocycles. The molecule has 0 saturated carbocycles. The van der Waals surface area contributed by atoms with E-state index in [0.717, 1.165) is 18.6 Å². The number of carbonyl (C=O) groups excluding carboxylic acids is 1. The quantitative estimate of drug-likeness (QED) is 0.857. The molecule has 1 amide bonds. The zero-order valence-corrected chi connectivity index (χ0v) is 11.5. The van der Waals surface area contributed by atoms with Gasteiger partial charge in [-0.2, -0.15) is 0 Å². The van der Waals surface area contributed by atoms with Gasteiger partial charge in [-0.15, -0.1) is 0 Å². The fourth-order valence-corrected chi connectivity index (χ4v) is 2.55. The van der Waals surface area contributed by atoms with Crippen molar-refractivity contribution in [1.82, 2.24) is 4.90 Å². The number of aliphatic carboxylic acids is 1. The molecule has 1 fully saturated rings. The molecule has 5 heteroatoms. The summed E-state index contributed by atoms with van der Waals surface area (Å²) in [4.78, 5) is 23.4. The van der Waals surface area contributed by atoms with Crippen molar-refractivity contribution in [2.75, 3.05) is 19.7 Å². The minimum absolute atomic E-state index is 0.378. The van der Waals surface area contributed by atoms with Crippen molar-refractivity contribution in [2.24, 2.45) is 0 Å². The Balaban J connectivity index is 1.93. The molecule has 0 aliphatic carbocycles. The minimum Gasteiger partial charge on any atom is -0.494 e. The Morgan fingerprint density at radius 3 is 2.35 bits per heavy atom. The Kier molecular flexibility index (Phi) is 4.61. The summed E-state index contributed by atoms with van der Waals surface area (Å²) in [5.74, 6) is -0.932. The second-order valence-electron chi connectivity index (χ2n) is 4.87. The van der Waals surface area contributed by atoms with Crippen LogP contribution in [0.25, 0.3) is 0 Å². The standard InChI is InChI=1S/C15H19NO4/c1-2-20-13-5-3-11(4-6-13)12-7-9-16(10-8-12)14(17)15(18)19/h3-6,12H,2,7-10H2,1H3,(H,18,19). The van der Waals surface area contributed by atoms with Crippen LogP contribution >= 0.6 is 0 Å². The Morgan fingerprint density at radius 2 is 1.85 bits per heavy atom. The van der Waals surface area contributed by atoms with Crippen molar-refractivity contribution in [3.05, 3.63) is 29.8 Å². The molecule has 0 aromatic heterocycles. The zero-order chi connectivity index (χ0) is 14.5. The van der Waals surface area contributed by atoms with Crippen LogP contribution in [-0.2, 0) is 9.59 Å². The predicted molar refractivity (Wildman–Crippen MR) is 73.8 cm³/mol. The monoisotopic (exact) mass is 277 g/mol. The highest BCUT2D eigenvalue weighted by Gasteiger charge is 2.27. The second kappa shape index (κ2) is 6.41. The average Bonchev–Trinajstić information content (AvgIpc) is 2.48. The van der Waals surface area contributed by atoms with Gasteiger partial charge in [-0.25, -0.2) is 4.79 Å². The molecule has 0 atom stereocenters. The summed E-state index contributed by atoms with van der Waals surface area (Å²) in [5, 5.41) is 8.69. The largest absolute Gasteiger partial charge is 0.494 e. The van der Waals surface area contributed by atoms with Crippen molar-refractivity contribution in [3.63, 3.8) is 0 Å². The van der Waals surface area contributed by atoms with Gasteiger partial charge in [-0.1, -0.05) is 12.1 Å². The van der Waals surface area contributed by atoms with Gasteiger partial charge in [-0.05, 0) is 43.4 Å². The van der Waals surface area contributed by atoms with Crippen molar-refractivity contribution >= 4 is 11.9 Å². The lowest BCUT2D eigenvalue weighted by atomic mass is 9.89. The molecule has 0 bridgehead atoms. The normalized spacial score (nSPS) is 15.9. The predicted octanol–water partition coefficient (Wildman–Crippen LogP) is 1.88. The summed E-state index contributed by atoms with van der Waals surface area (Å²) in [6.07, 6.45) is 1.60. The van der Waals surface area contributed by atoms with Gasteiger partial charge in [0.2, 0.25) is 0 Å². The third-order valence-corrected chi connectivity index (χ3v) is 3.63. The highest BCUT2D eigenvalue weighted by Crippen LogP contribution is 2.29. The smallest absolute Gasteiger partial charge is 0.394 e. The average molecular weight is 277 g/mol. The molecule has 1 N–H and O–H groups in total. The van der Waals surface area contributed by atoms with Gasteiger partial charge >= 0.3 is 11.9 Å².